The first-order valence-electron chi connectivity index (χ1n) is 5.40. The Hall–Kier alpha value is -1.78. The minimum absolute atomic E-state index is 0.0698. The van der Waals surface area contributed by atoms with Crippen LogP contribution in [0.25, 0.3) is 0 Å². The van der Waals surface area contributed by atoms with E-state index in [9.17, 15) is 0 Å². The van der Waals surface area contributed by atoms with Gasteiger partial charge in [-0.25, -0.2) is 5.43 Å². The summed E-state index contributed by atoms with van der Waals surface area (Å²) in [6.07, 6.45) is 1.67. The molecule has 0 radical (unpaired) electrons. The molecule has 2 aromatic rings. The zero-order chi connectivity index (χ0) is 12.3. The maximum atomic E-state index is 5.61. The summed E-state index contributed by atoms with van der Waals surface area (Å²) >= 11 is 0. The lowest BCUT2D eigenvalue weighted by molar-refractivity contribution is 0.414. The summed E-state index contributed by atoms with van der Waals surface area (Å²) in [5.74, 6) is 7.30. The molecule has 2 rings (SSSR count). The van der Waals surface area contributed by atoms with E-state index < -0.39 is 0 Å². The molecule has 0 saturated carbocycles. The second-order valence-corrected chi connectivity index (χ2v) is 3.80. The predicted octanol–water partition coefficient (Wildman–Crippen LogP) is 2.15. The standard InChI is InChI=1S/C13H16N2O2/c1-9-12(7-8-17-9)13(15-14)10-3-5-11(16-2)6-4-10/h3-8,13,15H,14H2,1-2H3. The molecule has 0 aliphatic heterocycles. The Morgan fingerprint density at radius 3 is 2.41 bits per heavy atom. The molecule has 0 amide bonds. The molecule has 90 valence electrons. The topological polar surface area (TPSA) is 60.4 Å². The fourth-order valence-corrected chi connectivity index (χ4v) is 1.86. The summed E-state index contributed by atoms with van der Waals surface area (Å²) < 4.78 is 10.4. The van der Waals surface area contributed by atoms with E-state index >= 15 is 0 Å². The van der Waals surface area contributed by atoms with Crippen LogP contribution < -0.4 is 16.0 Å². The summed E-state index contributed by atoms with van der Waals surface area (Å²) in [5, 5.41) is 0. The molecular formula is C13H16N2O2. The van der Waals surface area contributed by atoms with Gasteiger partial charge in [0, 0.05) is 5.56 Å². The minimum Gasteiger partial charge on any atom is -0.497 e. The average molecular weight is 232 g/mol. The van der Waals surface area contributed by atoms with Gasteiger partial charge < -0.3 is 9.15 Å². The van der Waals surface area contributed by atoms with E-state index in [1.165, 1.54) is 0 Å². The third-order valence-electron chi connectivity index (χ3n) is 2.83. The van der Waals surface area contributed by atoms with Crippen LogP contribution in [0, 0.1) is 6.92 Å². The van der Waals surface area contributed by atoms with Crippen molar-refractivity contribution in [1.82, 2.24) is 5.43 Å². The zero-order valence-corrected chi connectivity index (χ0v) is 9.94. The Morgan fingerprint density at radius 2 is 1.94 bits per heavy atom. The number of nitrogens with two attached hydrogens (primary N) is 1. The van der Waals surface area contributed by atoms with Gasteiger partial charge in [0.25, 0.3) is 0 Å². The molecule has 4 nitrogen and oxygen atoms in total. The Morgan fingerprint density at radius 1 is 1.24 bits per heavy atom. The van der Waals surface area contributed by atoms with Crippen molar-refractivity contribution in [3.63, 3.8) is 0 Å². The number of aryl methyl sites for hydroxylation is 1. The lowest BCUT2D eigenvalue weighted by Gasteiger charge is -2.16. The Bertz CT molecular complexity index is 476. The molecule has 1 heterocycles. The molecule has 1 aromatic heterocycles. The number of methoxy groups -OCH3 is 1. The van der Waals surface area contributed by atoms with Crippen LogP contribution in [0.15, 0.2) is 41.0 Å². The molecule has 0 fully saturated rings. The molecule has 0 aliphatic carbocycles. The minimum atomic E-state index is -0.0698. The fourth-order valence-electron chi connectivity index (χ4n) is 1.86. The quantitative estimate of drug-likeness (QED) is 0.626. The summed E-state index contributed by atoms with van der Waals surface area (Å²) in [6.45, 7) is 1.92. The summed E-state index contributed by atoms with van der Waals surface area (Å²) in [7, 11) is 1.65. The molecule has 1 unspecified atom stereocenters. The van der Waals surface area contributed by atoms with Crippen molar-refractivity contribution in [3.8, 4) is 5.75 Å². The summed E-state index contributed by atoms with van der Waals surface area (Å²) in [5.41, 5.74) is 4.91. The molecule has 1 aromatic carbocycles. The van der Waals surface area contributed by atoms with Crippen molar-refractivity contribution in [2.75, 3.05) is 7.11 Å². The number of hydrogen-bond donors (Lipinski definition) is 2. The number of hydrogen-bond acceptors (Lipinski definition) is 4. The van der Waals surface area contributed by atoms with Crippen LogP contribution in [0.1, 0.15) is 22.9 Å². The van der Waals surface area contributed by atoms with E-state index in [1.54, 1.807) is 13.4 Å². The van der Waals surface area contributed by atoms with Crippen LogP contribution in [0.4, 0.5) is 0 Å². The van der Waals surface area contributed by atoms with Crippen molar-refractivity contribution in [3.05, 3.63) is 53.5 Å². The van der Waals surface area contributed by atoms with Gasteiger partial charge in [-0.2, -0.15) is 0 Å². The number of benzene rings is 1. The largest absolute Gasteiger partial charge is 0.497 e. The maximum Gasteiger partial charge on any atom is 0.118 e. The Balaban J connectivity index is 2.32. The van der Waals surface area contributed by atoms with Crippen molar-refractivity contribution < 1.29 is 9.15 Å². The number of nitrogens with one attached hydrogen (secondary N) is 1. The van der Waals surface area contributed by atoms with E-state index in [1.807, 2.05) is 37.3 Å². The van der Waals surface area contributed by atoms with Gasteiger partial charge in [0.1, 0.15) is 11.5 Å². The monoisotopic (exact) mass is 232 g/mol. The molecule has 0 saturated heterocycles. The van der Waals surface area contributed by atoms with Crippen LogP contribution in [0.3, 0.4) is 0 Å². The van der Waals surface area contributed by atoms with Crippen molar-refractivity contribution >= 4 is 0 Å². The van der Waals surface area contributed by atoms with Crippen LogP contribution in [0.5, 0.6) is 5.75 Å². The van der Waals surface area contributed by atoms with Crippen molar-refractivity contribution in [2.45, 2.75) is 13.0 Å². The maximum absolute atomic E-state index is 5.61. The van der Waals surface area contributed by atoms with Gasteiger partial charge in [0.2, 0.25) is 0 Å². The molecule has 0 spiro atoms. The molecule has 3 N–H and O–H groups in total. The number of ether oxygens (including phenoxy) is 1. The second-order valence-electron chi connectivity index (χ2n) is 3.80. The average Bonchev–Trinajstić information content (AvgIpc) is 2.78. The van der Waals surface area contributed by atoms with E-state index in [0.29, 0.717) is 0 Å². The summed E-state index contributed by atoms with van der Waals surface area (Å²) in [4.78, 5) is 0. The highest BCUT2D eigenvalue weighted by Crippen LogP contribution is 2.26. The summed E-state index contributed by atoms with van der Waals surface area (Å²) in [6, 6.07) is 9.64. The highest BCUT2D eigenvalue weighted by molar-refractivity contribution is 5.36. The number of hydrazine groups is 1. The van der Waals surface area contributed by atoms with Gasteiger partial charge in [-0.1, -0.05) is 12.1 Å². The van der Waals surface area contributed by atoms with Crippen LogP contribution in [-0.4, -0.2) is 7.11 Å². The van der Waals surface area contributed by atoms with E-state index in [4.69, 9.17) is 15.0 Å². The SMILES string of the molecule is COc1ccc(C(NN)c2ccoc2C)cc1. The first-order valence-corrected chi connectivity index (χ1v) is 5.40. The second kappa shape index (κ2) is 5.03. The van der Waals surface area contributed by atoms with Gasteiger partial charge in [-0.15, -0.1) is 0 Å². The lowest BCUT2D eigenvalue weighted by Crippen LogP contribution is -2.28. The first-order chi connectivity index (χ1) is 8.26. The lowest BCUT2D eigenvalue weighted by atomic mass is 10.00. The number of rotatable bonds is 4. The van der Waals surface area contributed by atoms with Gasteiger partial charge in [-0.3, -0.25) is 5.84 Å². The van der Waals surface area contributed by atoms with E-state index in [0.717, 1.165) is 22.6 Å². The molecule has 4 heteroatoms. The molecule has 0 bridgehead atoms. The third-order valence-corrected chi connectivity index (χ3v) is 2.83. The van der Waals surface area contributed by atoms with Gasteiger partial charge in [0.15, 0.2) is 0 Å². The Labute approximate surface area is 100 Å². The normalized spacial score (nSPS) is 12.4. The highest BCUT2D eigenvalue weighted by atomic mass is 16.5. The smallest absolute Gasteiger partial charge is 0.118 e. The Kier molecular flexibility index (Phi) is 3.46. The molecular weight excluding hydrogens is 216 g/mol. The number of furan rings is 1. The fraction of sp³-hybridized carbons (Fsp3) is 0.231. The third kappa shape index (κ3) is 2.33. The van der Waals surface area contributed by atoms with Crippen molar-refractivity contribution in [1.29, 1.82) is 0 Å². The molecule has 1 atom stereocenters. The van der Waals surface area contributed by atoms with Crippen molar-refractivity contribution in [2.24, 2.45) is 5.84 Å². The van der Waals surface area contributed by atoms with Gasteiger partial charge in [0.05, 0.1) is 19.4 Å². The molecule has 0 aliphatic rings. The van der Waals surface area contributed by atoms with Crippen LogP contribution >= 0.6 is 0 Å². The van der Waals surface area contributed by atoms with Crippen LogP contribution in [-0.2, 0) is 0 Å². The predicted molar refractivity (Wildman–Crippen MR) is 65.6 cm³/mol. The van der Waals surface area contributed by atoms with Gasteiger partial charge in [-0.05, 0) is 30.7 Å². The van der Waals surface area contributed by atoms with Gasteiger partial charge >= 0.3 is 0 Å². The molecule has 17 heavy (non-hydrogen) atoms. The highest BCUT2D eigenvalue weighted by Gasteiger charge is 2.16. The first kappa shape index (κ1) is 11.7. The van der Waals surface area contributed by atoms with E-state index in [-0.39, 0.29) is 6.04 Å². The van der Waals surface area contributed by atoms with Crippen LogP contribution in [0.2, 0.25) is 0 Å². The zero-order valence-electron chi connectivity index (χ0n) is 9.94. The van der Waals surface area contributed by atoms with E-state index in [2.05, 4.69) is 5.43 Å².